The molecule has 3 aromatic rings. The third kappa shape index (κ3) is 4.90. The van der Waals surface area contributed by atoms with Crippen LogP contribution in [0.3, 0.4) is 0 Å². The van der Waals surface area contributed by atoms with Gasteiger partial charge in [-0.15, -0.1) is 0 Å². The summed E-state index contributed by atoms with van der Waals surface area (Å²) in [7, 11) is -0.630. The van der Waals surface area contributed by atoms with Crippen LogP contribution in [0.5, 0.6) is 0 Å². The molecule has 2 bridgehead atoms. The van der Waals surface area contributed by atoms with Gasteiger partial charge < -0.3 is 4.74 Å². The van der Waals surface area contributed by atoms with Crippen LogP contribution in [0, 0.1) is 16.7 Å². The molecule has 0 amide bonds. The molecule has 0 aliphatic heterocycles. The first kappa shape index (κ1) is 27.6. The number of rotatable bonds is 11. The second-order valence-corrected chi connectivity index (χ2v) is 14.3. The average molecular weight is 528 g/mol. The van der Waals surface area contributed by atoms with Gasteiger partial charge in [0.1, 0.15) is 0 Å². The smallest absolute Gasteiger partial charge is 0.0791 e. The summed E-state index contributed by atoms with van der Waals surface area (Å²) in [6.45, 7) is 15.1. The van der Waals surface area contributed by atoms with Gasteiger partial charge in [-0.3, -0.25) is 4.90 Å². The van der Waals surface area contributed by atoms with Crippen LogP contribution < -0.4 is 15.9 Å². The summed E-state index contributed by atoms with van der Waals surface area (Å²) in [5, 5.41) is 4.31. The Morgan fingerprint density at radius 2 is 1.45 bits per heavy atom. The van der Waals surface area contributed by atoms with Crippen LogP contribution in [-0.4, -0.2) is 30.2 Å². The van der Waals surface area contributed by atoms with E-state index in [9.17, 15) is 0 Å². The number of benzene rings is 3. The Hall–Kier alpha value is -1.99. The maximum absolute atomic E-state index is 6.83. The van der Waals surface area contributed by atoms with E-state index in [1.54, 1.807) is 0 Å². The monoisotopic (exact) mass is 527 g/mol. The first-order valence-electron chi connectivity index (χ1n) is 14.8. The zero-order chi connectivity index (χ0) is 26.8. The fraction of sp³-hybridized carbons (Fsp3) is 0.486. The van der Waals surface area contributed by atoms with Crippen LogP contribution >= 0.6 is 7.92 Å². The highest BCUT2D eigenvalue weighted by Crippen LogP contribution is 2.67. The van der Waals surface area contributed by atoms with Crippen molar-refractivity contribution in [2.24, 2.45) is 16.7 Å². The molecule has 0 radical (unpaired) electrons. The van der Waals surface area contributed by atoms with Gasteiger partial charge in [0.2, 0.25) is 0 Å². The van der Waals surface area contributed by atoms with E-state index in [2.05, 4.69) is 124 Å². The Morgan fingerprint density at radius 1 is 0.842 bits per heavy atom. The van der Waals surface area contributed by atoms with E-state index in [0.717, 1.165) is 26.1 Å². The molecule has 0 unspecified atom stereocenters. The lowest BCUT2D eigenvalue weighted by atomic mass is 9.70. The Labute approximate surface area is 232 Å². The molecule has 5 rings (SSSR count). The zero-order valence-corrected chi connectivity index (χ0v) is 25.0. The minimum Gasteiger partial charge on any atom is -0.376 e. The summed E-state index contributed by atoms with van der Waals surface area (Å²) in [6.07, 6.45) is 5.26. The first-order chi connectivity index (χ1) is 18.4. The lowest BCUT2D eigenvalue weighted by Gasteiger charge is -2.43. The molecule has 38 heavy (non-hydrogen) atoms. The lowest BCUT2D eigenvalue weighted by Crippen LogP contribution is -2.51. The fourth-order valence-corrected chi connectivity index (χ4v) is 9.89. The zero-order valence-electron chi connectivity index (χ0n) is 24.1. The van der Waals surface area contributed by atoms with E-state index < -0.39 is 7.92 Å². The maximum atomic E-state index is 6.83. The number of unbranched alkanes of at least 4 members (excludes halogenated alkanes) is 1. The van der Waals surface area contributed by atoms with Crippen LogP contribution in [-0.2, 0) is 11.3 Å². The van der Waals surface area contributed by atoms with E-state index in [1.807, 2.05) is 0 Å². The molecule has 2 aliphatic carbocycles. The van der Waals surface area contributed by atoms with Crippen molar-refractivity contribution in [3.63, 3.8) is 0 Å². The molecular formula is C35H46NOP. The van der Waals surface area contributed by atoms with Gasteiger partial charge in [-0.1, -0.05) is 126 Å². The van der Waals surface area contributed by atoms with Gasteiger partial charge in [0.05, 0.1) is 6.10 Å². The van der Waals surface area contributed by atoms with E-state index in [0.29, 0.717) is 23.5 Å². The Bertz CT molecular complexity index is 1140. The number of hydrogen-bond acceptors (Lipinski definition) is 2. The molecule has 0 aromatic heterocycles. The van der Waals surface area contributed by atoms with Crippen molar-refractivity contribution < 1.29 is 4.74 Å². The highest BCUT2D eigenvalue weighted by molar-refractivity contribution is 7.79. The van der Waals surface area contributed by atoms with Crippen molar-refractivity contribution in [2.75, 3.05) is 13.2 Å². The molecule has 2 saturated carbocycles. The SMILES string of the molecule is CCCCO[C@@H]1[C@H](N(CC)Cc2ccccc2P(c2ccccc2)c2ccccc2)[C@H]2CC[C@]1(C)C2(C)C. The largest absolute Gasteiger partial charge is 0.376 e. The van der Waals surface area contributed by atoms with Gasteiger partial charge in [0.25, 0.3) is 0 Å². The van der Waals surface area contributed by atoms with Crippen LogP contribution in [0.25, 0.3) is 0 Å². The Morgan fingerprint density at radius 3 is 2.05 bits per heavy atom. The lowest BCUT2D eigenvalue weighted by molar-refractivity contribution is -0.0825. The molecule has 2 aliphatic rings. The third-order valence-electron chi connectivity index (χ3n) is 9.98. The van der Waals surface area contributed by atoms with Crippen LogP contribution in [0.2, 0.25) is 0 Å². The molecule has 0 saturated heterocycles. The number of nitrogens with zero attached hydrogens (tertiary/aromatic N) is 1. The molecule has 0 spiro atoms. The summed E-state index contributed by atoms with van der Waals surface area (Å²) >= 11 is 0. The highest BCUT2D eigenvalue weighted by atomic mass is 31.1. The van der Waals surface area contributed by atoms with Crippen molar-refractivity contribution in [3.8, 4) is 0 Å². The second-order valence-electron chi connectivity index (χ2n) is 12.1. The topological polar surface area (TPSA) is 12.5 Å². The van der Waals surface area contributed by atoms with Gasteiger partial charge >= 0.3 is 0 Å². The Kier molecular flexibility index (Phi) is 8.44. The predicted molar refractivity (Wildman–Crippen MR) is 164 cm³/mol. The highest BCUT2D eigenvalue weighted by Gasteiger charge is 2.67. The molecule has 4 atom stereocenters. The van der Waals surface area contributed by atoms with Gasteiger partial charge in [-0.05, 0) is 66.5 Å². The van der Waals surface area contributed by atoms with Crippen molar-refractivity contribution in [3.05, 3.63) is 90.5 Å². The van der Waals surface area contributed by atoms with Crippen LogP contribution in [0.4, 0.5) is 0 Å². The predicted octanol–water partition coefficient (Wildman–Crippen LogP) is 7.28. The first-order valence-corrected chi connectivity index (χ1v) is 16.1. The molecular weight excluding hydrogens is 481 g/mol. The normalized spacial score (nSPS) is 25.9. The number of ether oxygens (including phenoxy) is 1. The number of fused-ring (bicyclic) bond motifs is 2. The Balaban J connectivity index is 1.51. The van der Waals surface area contributed by atoms with Crippen molar-refractivity contribution in [2.45, 2.75) is 79.0 Å². The van der Waals surface area contributed by atoms with Gasteiger partial charge in [0, 0.05) is 24.6 Å². The molecule has 0 N–H and O–H groups in total. The average Bonchev–Trinajstić information content (AvgIpc) is 3.27. The van der Waals surface area contributed by atoms with Gasteiger partial charge in [-0.2, -0.15) is 0 Å². The summed E-state index contributed by atoms with van der Waals surface area (Å²) in [5.41, 5.74) is 2.00. The van der Waals surface area contributed by atoms with Gasteiger partial charge in [-0.25, -0.2) is 0 Å². The van der Waals surface area contributed by atoms with E-state index in [-0.39, 0.29) is 5.41 Å². The van der Waals surface area contributed by atoms with Gasteiger partial charge in [0.15, 0.2) is 0 Å². The third-order valence-corrected chi connectivity index (χ3v) is 12.5. The van der Waals surface area contributed by atoms with Crippen molar-refractivity contribution in [1.29, 1.82) is 0 Å². The maximum Gasteiger partial charge on any atom is 0.0791 e. The minimum absolute atomic E-state index is 0.240. The van der Waals surface area contributed by atoms with E-state index >= 15 is 0 Å². The molecule has 3 heteroatoms. The summed E-state index contributed by atoms with van der Waals surface area (Å²) in [4.78, 5) is 2.77. The summed E-state index contributed by atoms with van der Waals surface area (Å²) in [6, 6.07) is 31.9. The molecule has 202 valence electrons. The minimum atomic E-state index is -0.630. The summed E-state index contributed by atoms with van der Waals surface area (Å²) < 4.78 is 6.83. The number of likely N-dealkylation sites (N-methyl/N-ethyl adjacent to an activating group) is 1. The number of hydrogen-bond donors (Lipinski definition) is 0. The van der Waals surface area contributed by atoms with Crippen LogP contribution in [0.1, 0.15) is 65.9 Å². The fourth-order valence-electron chi connectivity index (χ4n) is 7.43. The standard InChI is InChI=1S/C35H46NOP/c1-6-8-25-37-33-32(30-23-24-35(33,5)34(30,3)4)36(7-2)26-27-17-15-16-22-31(27)38(28-18-11-9-12-19-28)29-20-13-10-14-21-29/h9-22,30,32-33H,6-8,23-26H2,1-5H3/t30-,32-,33-,35+/m1/s1. The van der Waals surface area contributed by atoms with E-state index in [4.69, 9.17) is 4.74 Å². The molecule has 2 nitrogen and oxygen atoms in total. The molecule has 3 aromatic carbocycles. The second kappa shape index (κ2) is 11.6. The summed E-state index contributed by atoms with van der Waals surface area (Å²) in [5.74, 6) is 0.677. The molecule has 0 heterocycles. The van der Waals surface area contributed by atoms with Crippen molar-refractivity contribution >= 4 is 23.8 Å². The quantitative estimate of drug-likeness (QED) is 0.192. The molecule has 2 fully saturated rings. The van der Waals surface area contributed by atoms with Crippen molar-refractivity contribution in [1.82, 2.24) is 4.90 Å². The van der Waals surface area contributed by atoms with Crippen LogP contribution in [0.15, 0.2) is 84.9 Å². The van der Waals surface area contributed by atoms with E-state index in [1.165, 1.54) is 40.7 Å².